The highest BCUT2D eigenvalue weighted by molar-refractivity contribution is 5.86. The number of piperidine rings is 1. The smallest absolute Gasteiger partial charge is 0.316 e. The monoisotopic (exact) mass is 335 g/mol. The molecule has 0 radical (unpaired) electrons. The zero-order chi connectivity index (χ0) is 17.7. The van der Waals surface area contributed by atoms with Gasteiger partial charge in [0.2, 0.25) is 0 Å². The van der Waals surface area contributed by atoms with Gasteiger partial charge in [0.25, 0.3) is 5.91 Å². The number of hydrogen-bond acceptors (Lipinski definition) is 6. The maximum atomic E-state index is 12.6. The number of aryl methyl sites for hydroxylation is 1. The first-order chi connectivity index (χ1) is 11.3. The molecule has 24 heavy (non-hydrogen) atoms. The second kappa shape index (κ2) is 7.59. The van der Waals surface area contributed by atoms with Crippen LogP contribution in [0.3, 0.4) is 0 Å². The van der Waals surface area contributed by atoms with Gasteiger partial charge in [0.15, 0.2) is 5.60 Å². The number of nitrogens with zero attached hydrogens (tertiary/aromatic N) is 3. The number of likely N-dealkylation sites (tertiary alicyclic amines) is 1. The Morgan fingerprint density at radius 1 is 1.33 bits per heavy atom. The average Bonchev–Trinajstić information content (AvgIpc) is 2.54. The molecule has 7 heteroatoms. The maximum absolute atomic E-state index is 12.6. The number of esters is 1. The summed E-state index contributed by atoms with van der Waals surface area (Å²) < 4.78 is 10.9. The Bertz CT molecular complexity index is 586. The third kappa shape index (κ3) is 4.66. The standard InChI is InChI=1S/C17H25N3O4/c1-5-13-9-18-16(19-10-13)23-14-7-6-8-20(11-14)15(22)17(3,4)24-12(2)21/h9-10,14H,5-8,11H2,1-4H3. The van der Waals surface area contributed by atoms with E-state index in [4.69, 9.17) is 9.47 Å². The molecular formula is C17H25N3O4. The average molecular weight is 335 g/mol. The first-order valence-electron chi connectivity index (χ1n) is 8.28. The molecule has 0 saturated carbocycles. The minimum atomic E-state index is -1.17. The van der Waals surface area contributed by atoms with Crippen molar-refractivity contribution in [3.05, 3.63) is 18.0 Å². The minimum Gasteiger partial charge on any atom is -0.458 e. The van der Waals surface area contributed by atoms with E-state index in [1.54, 1.807) is 31.1 Å². The van der Waals surface area contributed by atoms with Gasteiger partial charge in [-0.3, -0.25) is 9.59 Å². The number of carbonyl (C=O) groups is 2. The first-order valence-corrected chi connectivity index (χ1v) is 8.28. The molecule has 1 unspecified atom stereocenters. The van der Waals surface area contributed by atoms with E-state index in [1.165, 1.54) is 6.92 Å². The number of hydrogen-bond donors (Lipinski definition) is 0. The van der Waals surface area contributed by atoms with Gasteiger partial charge in [-0.2, -0.15) is 0 Å². The fourth-order valence-corrected chi connectivity index (χ4v) is 2.74. The van der Waals surface area contributed by atoms with Gasteiger partial charge in [0, 0.05) is 25.9 Å². The number of carbonyl (C=O) groups excluding carboxylic acids is 2. The lowest BCUT2D eigenvalue weighted by Crippen LogP contribution is -2.53. The van der Waals surface area contributed by atoms with Crippen molar-refractivity contribution in [3.63, 3.8) is 0 Å². The van der Waals surface area contributed by atoms with Crippen molar-refractivity contribution < 1.29 is 19.1 Å². The van der Waals surface area contributed by atoms with Gasteiger partial charge in [0.1, 0.15) is 6.10 Å². The predicted octanol–water partition coefficient (Wildman–Crippen LogP) is 1.75. The predicted molar refractivity (Wildman–Crippen MR) is 87.5 cm³/mol. The number of ether oxygens (including phenoxy) is 2. The van der Waals surface area contributed by atoms with Crippen LogP contribution in [0.4, 0.5) is 0 Å². The Kier molecular flexibility index (Phi) is 5.75. The van der Waals surface area contributed by atoms with Crippen molar-refractivity contribution in [2.45, 2.75) is 58.7 Å². The van der Waals surface area contributed by atoms with Gasteiger partial charge in [-0.25, -0.2) is 9.97 Å². The fraction of sp³-hybridized carbons (Fsp3) is 0.647. The van der Waals surface area contributed by atoms with Crippen molar-refractivity contribution >= 4 is 11.9 Å². The van der Waals surface area contributed by atoms with Crippen LogP contribution in [0.5, 0.6) is 6.01 Å². The number of aromatic nitrogens is 2. The van der Waals surface area contributed by atoms with E-state index in [0.29, 0.717) is 19.1 Å². The summed E-state index contributed by atoms with van der Waals surface area (Å²) >= 11 is 0. The molecule has 7 nitrogen and oxygen atoms in total. The highest BCUT2D eigenvalue weighted by Crippen LogP contribution is 2.20. The van der Waals surface area contributed by atoms with E-state index in [-0.39, 0.29) is 12.0 Å². The lowest BCUT2D eigenvalue weighted by atomic mass is 10.0. The maximum Gasteiger partial charge on any atom is 0.316 e. The molecule has 1 fully saturated rings. The van der Waals surface area contributed by atoms with Crippen LogP contribution in [0.2, 0.25) is 0 Å². The Morgan fingerprint density at radius 2 is 2.00 bits per heavy atom. The molecule has 0 aromatic carbocycles. The molecule has 0 N–H and O–H groups in total. The largest absolute Gasteiger partial charge is 0.458 e. The summed E-state index contributed by atoms with van der Waals surface area (Å²) in [5.41, 5.74) is -0.126. The van der Waals surface area contributed by atoms with Gasteiger partial charge in [-0.05, 0) is 38.7 Å². The highest BCUT2D eigenvalue weighted by Gasteiger charge is 2.37. The second-order valence-electron chi connectivity index (χ2n) is 6.46. The van der Waals surface area contributed by atoms with Crippen molar-refractivity contribution in [1.29, 1.82) is 0 Å². The molecule has 1 aromatic rings. The molecule has 1 aliphatic rings. The van der Waals surface area contributed by atoms with Crippen LogP contribution in [-0.4, -0.2) is 51.5 Å². The Balaban J connectivity index is 1.97. The third-order valence-electron chi connectivity index (χ3n) is 3.94. The topological polar surface area (TPSA) is 81.6 Å². The molecule has 0 bridgehead atoms. The van der Waals surface area contributed by atoms with Crippen molar-refractivity contribution in [2.75, 3.05) is 13.1 Å². The Morgan fingerprint density at radius 3 is 2.58 bits per heavy atom. The summed E-state index contributed by atoms with van der Waals surface area (Å²) in [6.07, 6.45) is 5.85. The summed E-state index contributed by atoms with van der Waals surface area (Å²) in [5, 5.41) is 0. The van der Waals surface area contributed by atoms with Gasteiger partial charge >= 0.3 is 12.0 Å². The zero-order valence-corrected chi connectivity index (χ0v) is 14.7. The molecule has 1 amide bonds. The molecule has 0 aliphatic carbocycles. The van der Waals surface area contributed by atoms with E-state index >= 15 is 0 Å². The van der Waals surface area contributed by atoms with Crippen LogP contribution < -0.4 is 4.74 Å². The molecule has 2 heterocycles. The Labute approximate surface area is 142 Å². The van der Waals surface area contributed by atoms with Crippen molar-refractivity contribution in [3.8, 4) is 6.01 Å². The van der Waals surface area contributed by atoms with Crippen molar-refractivity contribution in [2.24, 2.45) is 0 Å². The summed E-state index contributed by atoms with van der Waals surface area (Å²) in [6.45, 7) is 7.60. The number of amides is 1. The molecule has 1 atom stereocenters. The van der Waals surface area contributed by atoms with Crippen LogP contribution in [0.25, 0.3) is 0 Å². The number of rotatable bonds is 5. The van der Waals surface area contributed by atoms with Crippen molar-refractivity contribution in [1.82, 2.24) is 14.9 Å². The molecule has 2 rings (SSSR count). The Hall–Kier alpha value is -2.18. The summed E-state index contributed by atoms with van der Waals surface area (Å²) in [5.74, 6) is -0.684. The summed E-state index contributed by atoms with van der Waals surface area (Å²) in [6, 6.07) is 0.325. The fourth-order valence-electron chi connectivity index (χ4n) is 2.74. The third-order valence-corrected chi connectivity index (χ3v) is 3.94. The minimum absolute atomic E-state index is 0.164. The quantitative estimate of drug-likeness (QED) is 0.763. The van der Waals surface area contributed by atoms with Crippen LogP contribution in [0.1, 0.15) is 46.1 Å². The van der Waals surface area contributed by atoms with E-state index < -0.39 is 11.6 Å². The zero-order valence-electron chi connectivity index (χ0n) is 14.7. The lowest BCUT2D eigenvalue weighted by Gasteiger charge is -2.36. The molecule has 1 aliphatic heterocycles. The normalized spacial score (nSPS) is 18.2. The van der Waals surface area contributed by atoms with Crippen LogP contribution in [0, 0.1) is 0 Å². The second-order valence-corrected chi connectivity index (χ2v) is 6.46. The van der Waals surface area contributed by atoms with Gasteiger partial charge < -0.3 is 14.4 Å². The van der Waals surface area contributed by atoms with E-state index in [0.717, 1.165) is 24.8 Å². The molecule has 132 valence electrons. The molecule has 0 spiro atoms. The summed E-state index contributed by atoms with van der Waals surface area (Å²) in [7, 11) is 0. The van der Waals surface area contributed by atoms with E-state index in [9.17, 15) is 9.59 Å². The molecule has 1 aromatic heterocycles. The van der Waals surface area contributed by atoms with Gasteiger partial charge in [-0.1, -0.05) is 6.92 Å². The lowest BCUT2D eigenvalue weighted by molar-refractivity contribution is -0.169. The summed E-state index contributed by atoms with van der Waals surface area (Å²) in [4.78, 5) is 33.8. The SMILES string of the molecule is CCc1cnc(OC2CCCN(C(=O)C(C)(C)OC(C)=O)C2)nc1. The first kappa shape index (κ1) is 18.2. The molecule has 1 saturated heterocycles. The van der Waals surface area contributed by atoms with E-state index in [2.05, 4.69) is 9.97 Å². The van der Waals surface area contributed by atoms with Crippen LogP contribution >= 0.6 is 0 Å². The van der Waals surface area contributed by atoms with E-state index in [1.807, 2.05) is 6.92 Å². The van der Waals surface area contributed by atoms with Crippen LogP contribution in [0.15, 0.2) is 12.4 Å². The highest BCUT2D eigenvalue weighted by atomic mass is 16.6. The van der Waals surface area contributed by atoms with Crippen LogP contribution in [-0.2, 0) is 20.7 Å². The van der Waals surface area contributed by atoms with Gasteiger partial charge in [0.05, 0.1) is 6.54 Å². The molecular weight excluding hydrogens is 310 g/mol. The van der Waals surface area contributed by atoms with Gasteiger partial charge in [-0.15, -0.1) is 0 Å².